The molecule has 1 aliphatic carbocycles. The van der Waals surface area contributed by atoms with Crippen LogP contribution in [0.15, 0.2) is 0 Å². The van der Waals surface area contributed by atoms with Crippen molar-refractivity contribution >= 4 is 11.8 Å². The first kappa shape index (κ1) is 12.3. The first-order valence-electron chi connectivity index (χ1n) is 5.71. The average molecular weight is 217 g/mol. The number of hydrogen-bond donors (Lipinski definition) is 2. The highest BCUT2D eigenvalue weighted by atomic mass is 32.2. The number of rotatable bonds is 5. The molecule has 0 saturated heterocycles. The Bertz CT molecular complexity index is 150. The topological polar surface area (TPSA) is 32.3 Å². The number of thioether (sulfide) groups is 1. The highest BCUT2D eigenvalue weighted by Crippen LogP contribution is 2.27. The van der Waals surface area contributed by atoms with E-state index < -0.39 is 0 Å². The minimum absolute atomic E-state index is 0.272. The van der Waals surface area contributed by atoms with Gasteiger partial charge in [-0.1, -0.05) is 19.8 Å². The van der Waals surface area contributed by atoms with Gasteiger partial charge >= 0.3 is 0 Å². The van der Waals surface area contributed by atoms with Crippen LogP contribution >= 0.6 is 11.8 Å². The Morgan fingerprint density at radius 1 is 1.43 bits per heavy atom. The average Bonchev–Trinajstić information content (AvgIpc) is 2.26. The molecule has 2 nitrogen and oxygen atoms in total. The van der Waals surface area contributed by atoms with Crippen molar-refractivity contribution in [2.24, 2.45) is 0 Å². The lowest BCUT2D eigenvalue weighted by Gasteiger charge is -2.33. The molecule has 0 spiro atoms. The molecule has 0 aliphatic heterocycles. The molecule has 1 fully saturated rings. The van der Waals surface area contributed by atoms with Crippen molar-refractivity contribution < 1.29 is 5.11 Å². The van der Waals surface area contributed by atoms with E-state index in [1.807, 2.05) is 11.8 Å². The molecular weight excluding hydrogens is 194 g/mol. The summed E-state index contributed by atoms with van der Waals surface area (Å²) in [5, 5.41) is 13.5. The van der Waals surface area contributed by atoms with Crippen LogP contribution in [-0.4, -0.2) is 35.3 Å². The van der Waals surface area contributed by atoms with Crippen LogP contribution in [0.3, 0.4) is 0 Å². The molecule has 3 atom stereocenters. The van der Waals surface area contributed by atoms with E-state index >= 15 is 0 Å². The molecule has 3 heteroatoms. The van der Waals surface area contributed by atoms with E-state index in [9.17, 15) is 0 Å². The molecule has 1 saturated carbocycles. The summed E-state index contributed by atoms with van der Waals surface area (Å²) in [7, 11) is 0. The Morgan fingerprint density at radius 2 is 2.14 bits per heavy atom. The molecule has 84 valence electrons. The first-order valence-corrected chi connectivity index (χ1v) is 7.00. The Hall–Kier alpha value is 0.270. The van der Waals surface area contributed by atoms with Crippen molar-refractivity contribution in [3.8, 4) is 0 Å². The minimum atomic E-state index is 0.272. The molecule has 1 rings (SSSR count). The van der Waals surface area contributed by atoms with E-state index in [4.69, 9.17) is 5.11 Å². The number of nitrogens with one attached hydrogen (secondary N) is 1. The summed E-state index contributed by atoms with van der Waals surface area (Å²) in [6, 6.07) is 0.920. The largest absolute Gasteiger partial charge is 0.395 e. The zero-order chi connectivity index (χ0) is 10.4. The summed E-state index contributed by atoms with van der Waals surface area (Å²) in [6.45, 7) is 2.40. The van der Waals surface area contributed by atoms with Crippen molar-refractivity contribution in [2.45, 2.75) is 56.4 Å². The lowest BCUT2D eigenvalue weighted by atomic mass is 9.94. The van der Waals surface area contributed by atoms with E-state index in [-0.39, 0.29) is 6.61 Å². The van der Waals surface area contributed by atoms with Crippen molar-refractivity contribution in [3.63, 3.8) is 0 Å². The van der Waals surface area contributed by atoms with E-state index in [0.29, 0.717) is 12.1 Å². The van der Waals surface area contributed by atoms with Gasteiger partial charge in [-0.3, -0.25) is 0 Å². The Balaban J connectivity index is 2.39. The first-order chi connectivity index (χ1) is 6.81. The van der Waals surface area contributed by atoms with Crippen LogP contribution in [0.25, 0.3) is 0 Å². The molecule has 14 heavy (non-hydrogen) atoms. The van der Waals surface area contributed by atoms with E-state index in [1.54, 1.807) is 0 Å². The van der Waals surface area contributed by atoms with Crippen LogP contribution in [0, 0.1) is 0 Å². The lowest BCUT2D eigenvalue weighted by molar-refractivity contribution is 0.217. The van der Waals surface area contributed by atoms with Gasteiger partial charge in [0.05, 0.1) is 6.61 Å². The fraction of sp³-hybridized carbons (Fsp3) is 1.00. The van der Waals surface area contributed by atoms with Gasteiger partial charge in [-0.25, -0.2) is 0 Å². The van der Waals surface area contributed by atoms with E-state index in [0.717, 1.165) is 11.7 Å². The molecule has 0 radical (unpaired) electrons. The van der Waals surface area contributed by atoms with E-state index in [2.05, 4.69) is 18.5 Å². The van der Waals surface area contributed by atoms with Crippen LogP contribution < -0.4 is 5.32 Å². The van der Waals surface area contributed by atoms with Crippen LogP contribution in [0.1, 0.15) is 39.0 Å². The molecule has 2 N–H and O–H groups in total. The quantitative estimate of drug-likeness (QED) is 0.739. The molecular formula is C11H23NOS. The second-order valence-electron chi connectivity index (χ2n) is 4.12. The molecule has 0 aromatic rings. The van der Waals surface area contributed by atoms with Crippen LogP contribution in [-0.2, 0) is 0 Å². The van der Waals surface area contributed by atoms with Gasteiger partial charge in [0.2, 0.25) is 0 Å². The predicted molar refractivity (Wildman–Crippen MR) is 63.9 cm³/mol. The fourth-order valence-electron chi connectivity index (χ4n) is 2.17. The Labute approximate surface area is 91.9 Å². The highest BCUT2D eigenvalue weighted by Gasteiger charge is 2.25. The summed E-state index contributed by atoms with van der Waals surface area (Å²) in [5.74, 6) is 0. The lowest BCUT2D eigenvalue weighted by Crippen LogP contribution is -2.47. The molecule has 0 bridgehead atoms. The van der Waals surface area contributed by atoms with Gasteiger partial charge in [0.25, 0.3) is 0 Å². The van der Waals surface area contributed by atoms with Gasteiger partial charge < -0.3 is 10.4 Å². The van der Waals surface area contributed by atoms with Gasteiger partial charge in [-0.15, -0.1) is 0 Å². The second kappa shape index (κ2) is 6.70. The molecule has 0 amide bonds. The summed E-state index contributed by atoms with van der Waals surface area (Å²) in [5.41, 5.74) is 0. The van der Waals surface area contributed by atoms with Crippen molar-refractivity contribution in [1.82, 2.24) is 5.32 Å². The third-order valence-corrected chi connectivity index (χ3v) is 4.34. The van der Waals surface area contributed by atoms with Crippen LogP contribution in [0.2, 0.25) is 0 Å². The zero-order valence-corrected chi connectivity index (χ0v) is 10.1. The summed E-state index contributed by atoms with van der Waals surface area (Å²) < 4.78 is 0. The predicted octanol–water partition coefficient (Wildman–Crippen LogP) is 2.02. The number of aliphatic hydroxyl groups is 1. The normalized spacial score (nSPS) is 30.2. The molecule has 0 aromatic carbocycles. The van der Waals surface area contributed by atoms with E-state index in [1.165, 1.54) is 25.7 Å². The van der Waals surface area contributed by atoms with Gasteiger partial charge in [0.15, 0.2) is 0 Å². The number of aliphatic hydroxyl groups excluding tert-OH is 1. The molecule has 1 aliphatic rings. The third-order valence-electron chi connectivity index (χ3n) is 3.17. The van der Waals surface area contributed by atoms with Crippen molar-refractivity contribution in [3.05, 3.63) is 0 Å². The maximum Gasteiger partial charge on any atom is 0.0584 e. The van der Waals surface area contributed by atoms with Gasteiger partial charge in [0, 0.05) is 17.3 Å². The Kier molecular flexibility index (Phi) is 5.90. The van der Waals surface area contributed by atoms with Crippen molar-refractivity contribution in [1.29, 1.82) is 0 Å². The molecule has 0 aromatic heterocycles. The fourth-order valence-corrected chi connectivity index (χ4v) is 3.12. The van der Waals surface area contributed by atoms with Crippen LogP contribution in [0.5, 0.6) is 0 Å². The smallest absolute Gasteiger partial charge is 0.0584 e. The number of hydrogen-bond acceptors (Lipinski definition) is 3. The standard InChI is InChI=1S/C11H23NOS/c1-3-9(8-13)12-10-6-4-5-7-11(10)14-2/h9-13H,3-8H2,1-2H3/t9-,10?,11?/m1/s1. The van der Waals surface area contributed by atoms with Gasteiger partial charge in [-0.2, -0.15) is 11.8 Å². The molecule has 2 unspecified atom stereocenters. The third kappa shape index (κ3) is 3.44. The maximum absolute atomic E-state index is 9.15. The van der Waals surface area contributed by atoms with Gasteiger partial charge in [-0.05, 0) is 25.5 Å². The van der Waals surface area contributed by atoms with Crippen molar-refractivity contribution in [2.75, 3.05) is 12.9 Å². The highest BCUT2D eigenvalue weighted by molar-refractivity contribution is 7.99. The summed E-state index contributed by atoms with van der Waals surface area (Å²) >= 11 is 1.97. The zero-order valence-electron chi connectivity index (χ0n) is 9.33. The van der Waals surface area contributed by atoms with Gasteiger partial charge in [0.1, 0.15) is 0 Å². The summed E-state index contributed by atoms with van der Waals surface area (Å²) in [6.07, 6.45) is 8.55. The molecule has 0 heterocycles. The summed E-state index contributed by atoms with van der Waals surface area (Å²) in [4.78, 5) is 0. The second-order valence-corrected chi connectivity index (χ2v) is 5.20. The maximum atomic E-state index is 9.15. The minimum Gasteiger partial charge on any atom is -0.395 e. The van der Waals surface area contributed by atoms with Crippen LogP contribution in [0.4, 0.5) is 0 Å². The SMILES string of the molecule is CC[C@H](CO)NC1CCCCC1SC. The monoisotopic (exact) mass is 217 g/mol. The Morgan fingerprint density at radius 3 is 2.71 bits per heavy atom.